The molecule has 1 aliphatic rings. The monoisotopic (exact) mass is 283 g/mol. The van der Waals surface area contributed by atoms with Crippen LogP contribution in [0.2, 0.25) is 0 Å². The molecule has 1 aliphatic carbocycles. The van der Waals surface area contributed by atoms with Gasteiger partial charge in [-0.3, -0.25) is 0 Å². The number of benzene rings is 1. The highest BCUT2D eigenvalue weighted by Gasteiger charge is 2.35. The zero-order valence-corrected chi connectivity index (χ0v) is 11.7. The number of aryl methyl sites for hydroxylation is 1. The Kier molecular flexibility index (Phi) is 3.97. The maximum absolute atomic E-state index is 13.2. The van der Waals surface area contributed by atoms with Gasteiger partial charge in [-0.25, -0.2) is 13.6 Å². The van der Waals surface area contributed by atoms with E-state index in [1.54, 1.807) is 12.1 Å². The molecule has 20 heavy (non-hydrogen) atoms. The number of carbonyl (C=O) groups excluding carboxylic acids is 1. The Bertz CT molecular complexity index is 519. The van der Waals surface area contributed by atoms with Gasteiger partial charge in [0.2, 0.25) is 5.92 Å². The first-order chi connectivity index (χ1) is 9.34. The molecule has 0 aromatic heterocycles. The van der Waals surface area contributed by atoms with Crippen LogP contribution in [0.1, 0.15) is 53.1 Å². The zero-order valence-electron chi connectivity index (χ0n) is 11.7. The minimum absolute atomic E-state index is 0.0867. The summed E-state index contributed by atoms with van der Waals surface area (Å²) in [6.45, 7) is 1.87. The maximum atomic E-state index is 13.2. The molecule has 0 heterocycles. The summed E-state index contributed by atoms with van der Waals surface area (Å²) >= 11 is 0. The Balaban J connectivity index is 2.26. The SMILES string of the molecule is COC(=O)c1cc(C)c(C2CCC(F)(F)CC2)cc1N. The minimum atomic E-state index is -2.54. The van der Waals surface area contributed by atoms with Crippen LogP contribution < -0.4 is 5.73 Å². The second-order valence-corrected chi connectivity index (χ2v) is 5.42. The highest BCUT2D eigenvalue weighted by atomic mass is 19.3. The number of nitrogens with two attached hydrogens (primary N) is 1. The van der Waals surface area contributed by atoms with Gasteiger partial charge in [-0.2, -0.15) is 0 Å². The van der Waals surface area contributed by atoms with Gasteiger partial charge in [-0.05, 0) is 48.9 Å². The molecule has 0 spiro atoms. The number of halogens is 2. The van der Waals surface area contributed by atoms with Gasteiger partial charge in [-0.15, -0.1) is 0 Å². The van der Waals surface area contributed by atoms with Gasteiger partial charge >= 0.3 is 5.97 Å². The van der Waals surface area contributed by atoms with Crippen molar-refractivity contribution < 1.29 is 18.3 Å². The van der Waals surface area contributed by atoms with Crippen LogP contribution in [-0.2, 0) is 4.74 Å². The number of rotatable bonds is 2. The fourth-order valence-corrected chi connectivity index (χ4v) is 2.82. The summed E-state index contributed by atoms with van der Waals surface area (Å²) in [4.78, 5) is 11.6. The zero-order chi connectivity index (χ0) is 14.9. The first-order valence-corrected chi connectivity index (χ1v) is 6.70. The van der Waals surface area contributed by atoms with E-state index in [1.165, 1.54) is 7.11 Å². The van der Waals surface area contributed by atoms with Crippen LogP contribution >= 0.6 is 0 Å². The standard InChI is InChI=1S/C15H19F2NO2/c1-9-7-12(14(19)20-2)13(18)8-11(9)10-3-5-15(16,17)6-4-10/h7-8,10H,3-6,18H2,1-2H3. The summed E-state index contributed by atoms with van der Waals surface area (Å²) in [6, 6.07) is 3.42. The Morgan fingerprint density at radius 1 is 1.35 bits per heavy atom. The predicted octanol–water partition coefficient (Wildman–Crippen LogP) is 3.66. The molecule has 0 unspecified atom stereocenters. The second-order valence-electron chi connectivity index (χ2n) is 5.42. The van der Waals surface area contributed by atoms with E-state index in [0.29, 0.717) is 24.1 Å². The number of carbonyl (C=O) groups is 1. The van der Waals surface area contributed by atoms with Crippen molar-refractivity contribution in [2.24, 2.45) is 0 Å². The molecule has 2 N–H and O–H groups in total. The predicted molar refractivity (Wildman–Crippen MR) is 73.1 cm³/mol. The van der Waals surface area contributed by atoms with Crippen molar-refractivity contribution in [1.82, 2.24) is 0 Å². The number of alkyl halides is 2. The molecule has 3 nitrogen and oxygen atoms in total. The third-order valence-electron chi connectivity index (χ3n) is 4.00. The molecule has 5 heteroatoms. The summed E-state index contributed by atoms with van der Waals surface area (Å²) in [5, 5.41) is 0. The maximum Gasteiger partial charge on any atom is 0.339 e. The summed E-state index contributed by atoms with van der Waals surface area (Å²) in [5.41, 5.74) is 8.41. The van der Waals surface area contributed by atoms with Crippen LogP contribution in [0.5, 0.6) is 0 Å². The summed E-state index contributed by atoms with van der Waals surface area (Å²) in [6.07, 6.45) is 0.723. The number of hydrogen-bond acceptors (Lipinski definition) is 3. The van der Waals surface area contributed by atoms with Crippen LogP contribution in [0, 0.1) is 6.92 Å². The molecule has 1 aromatic rings. The highest BCUT2D eigenvalue weighted by Crippen LogP contribution is 2.42. The lowest BCUT2D eigenvalue weighted by atomic mass is 9.80. The Morgan fingerprint density at radius 2 is 1.95 bits per heavy atom. The Morgan fingerprint density at radius 3 is 2.50 bits per heavy atom. The van der Waals surface area contributed by atoms with Gasteiger partial charge in [0.15, 0.2) is 0 Å². The summed E-state index contributed by atoms with van der Waals surface area (Å²) in [7, 11) is 1.30. The van der Waals surface area contributed by atoms with Crippen LogP contribution in [0.4, 0.5) is 14.5 Å². The molecule has 0 amide bonds. The number of nitrogen functional groups attached to an aromatic ring is 1. The molecule has 2 rings (SSSR count). The van der Waals surface area contributed by atoms with E-state index in [9.17, 15) is 13.6 Å². The fraction of sp³-hybridized carbons (Fsp3) is 0.533. The van der Waals surface area contributed by atoms with Crippen molar-refractivity contribution in [1.29, 1.82) is 0 Å². The van der Waals surface area contributed by atoms with E-state index in [-0.39, 0.29) is 18.8 Å². The lowest BCUT2D eigenvalue weighted by Crippen LogP contribution is -2.24. The molecule has 0 radical (unpaired) electrons. The van der Waals surface area contributed by atoms with Gasteiger partial charge in [0.25, 0.3) is 0 Å². The lowest BCUT2D eigenvalue weighted by molar-refractivity contribution is -0.0382. The molecule has 1 saturated carbocycles. The van der Waals surface area contributed by atoms with Crippen molar-refractivity contribution in [3.63, 3.8) is 0 Å². The molecule has 1 aromatic carbocycles. The van der Waals surface area contributed by atoms with Crippen LogP contribution in [-0.4, -0.2) is 19.0 Å². The van der Waals surface area contributed by atoms with Gasteiger partial charge in [0.1, 0.15) is 0 Å². The molecular weight excluding hydrogens is 264 g/mol. The minimum Gasteiger partial charge on any atom is -0.465 e. The van der Waals surface area contributed by atoms with Crippen molar-refractivity contribution in [3.05, 3.63) is 28.8 Å². The lowest BCUT2D eigenvalue weighted by Gasteiger charge is -2.29. The smallest absolute Gasteiger partial charge is 0.339 e. The molecule has 1 fully saturated rings. The number of esters is 1. The molecule has 0 bridgehead atoms. The average molecular weight is 283 g/mol. The molecule has 0 atom stereocenters. The normalized spacial score (nSPS) is 18.8. The van der Waals surface area contributed by atoms with Crippen molar-refractivity contribution in [2.45, 2.75) is 44.4 Å². The Hall–Kier alpha value is -1.65. The number of anilines is 1. The highest BCUT2D eigenvalue weighted by molar-refractivity contribution is 5.95. The van der Waals surface area contributed by atoms with Gasteiger partial charge in [0.05, 0.1) is 12.7 Å². The van der Waals surface area contributed by atoms with Gasteiger partial charge < -0.3 is 10.5 Å². The van der Waals surface area contributed by atoms with E-state index in [0.717, 1.165) is 11.1 Å². The molecular formula is C15H19F2NO2. The fourth-order valence-electron chi connectivity index (χ4n) is 2.82. The summed E-state index contributed by atoms with van der Waals surface area (Å²) in [5.74, 6) is -2.93. The molecule has 110 valence electrons. The third-order valence-corrected chi connectivity index (χ3v) is 4.00. The largest absolute Gasteiger partial charge is 0.465 e. The molecule has 0 aliphatic heterocycles. The van der Waals surface area contributed by atoms with Crippen LogP contribution in [0.25, 0.3) is 0 Å². The van der Waals surface area contributed by atoms with E-state index in [2.05, 4.69) is 4.74 Å². The van der Waals surface area contributed by atoms with Crippen LogP contribution in [0.3, 0.4) is 0 Å². The number of ether oxygens (including phenoxy) is 1. The van der Waals surface area contributed by atoms with E-state index >= 15 is 0 Å². The quantitative estimate of drug-likeness (QED) is 0.665. The average Bonchev–Trinajstić information content (AvgIpc) is 2.40. The first-order valence-electron chi connectivity index (χ1n) is 6.70. The topological polar surface area (TPSA) is 52.3 Å². The first kappa shape index (κ1) is 14.8. The van der Waals surface area contributed by atoms with Gasteiger partial charge in [-0.1, -0.05) is 0 Å². The van der Waals surface area contributed by atoms with Gasteiger partial charge in [0, 0.05) is 18.5 Å². The van der Waals surface area contributed by atoms with E-state index < -0.39 is 11.9 Å². The van der Waals surface area contributed by atoms with Crippen molar-refractivity contribution >= 4 is 11.7 Å². The third kappa shape index (κ3) is 2.92. The van der Waals surface area contributed by atoms with E-state index in [1.807, 2.05) is 6.92 Å². The Labute approximate surface area is 117 Å². The van der Waals surface area contributed by atoms with Crippen molar-refractivity contribution in [2.75, 3.05) is 12.8 Å². The number of hydrogen-bond donors (Lipinski definition) is 1. The van der Waals surface area contributed by atoms with Crippen molar-refractivity contribution in [3.8, 4) is 0 Å². The number of methoxy groups -OCH3 is 1. The second kappa shape index (κ2) is 5.38. The van der Waals surface area contributed by atoms with Crippen LogP contribution in [0.15, 0.2) is 12.1 Å². The van der Waals surface area contributed by atoms with E-state index in [4.69, 9.17) is 5.73 Å². The molecule has 0 saturated heterocycles. The summed E-state index contributed by atoms with van der Waals surface area (Å²) < 4.78 is 31.1.